The molecule has 0 radical (unpaired) electrons. The van der Waals surface area contributed by atoms with Crippen molar-refractivity contribution in [3.8, 4) is 17.2 Å². The molecule has 1 aliphatic heterocycles. The van der Waals surface area contributed by atoms with Crippen LogP contribution >= 0.6 is 7.82 Å². The number of aliphatic hydroxyl groups excluding tert-OH is 5. The van der Waals surface area contributed by atoms with Crippen molar-refractivity contribution in [2.24, 2.45) is 0 Å². The van der Waals surface area contributed by atoms with Gasteiger partial charge in [-0.2, -0.15) is 0 Å². The molecule has 11 nitrogen and oxygen atoms in total. The van der Waals surface area contributed by atoms with Gasteiger partial charge in [0.1, 0.15) is 48.1 Å². The third-order valence-electron chi connectivity index (χ3n) is 5.97. The molecule has 2 aliphatic carbocycles. The van der Waals surface area contributed by atoms with E-state index in [1.807, 2.05) is 0 Å². The number of benzene rings is 1. The predicted molar refractivity (Wildman–Crippen MR) is 109 cm³/mol. The molecular formula is C20H25O11P. The first-order chi connectivity index (χ1) is 15.0. The van der Waals surface area contributed by atoms with Crippen LogP contribution in [0.1, 0.15) is 31.2 Å². The van der Waals surface area contributed by atoms with Gasteiger partial charge in [-0.1, -0.05) is 6.58 Å². The normalized spacial score (nSPS) is 34.2. The second kappa shape index (κ2) is 8.44. The summed E-state index contributed by atoms with van der Waals surface area (Å²) in [6.07, 6.45) is -8.26. The average Bonchev–Trinajstić information content (AvgIpc) is 2.75. The molecule has 0 bridgehead atoms. The third kappa shape index (κ3) is 4.07. The number of ether oxygens (including phenoxy) is 1. The Morgan fingerprint density at radius 3 is 2.12 bits per heavy atom. The Morgan fingerprint density at radius 2 is 1.50 bits per heavy atom. The number of phenols is 1. The average molecular weight is 472 g/mol. The number of fused-ring (bicyclic) bond motifs is 2. The topological polar surface area (TPSA) is 186 Å². The van der Waals surface area contributed by atoms with Crippen LogP contribution in [0.5, 0.6) is 17.2 Å². The molecule has 32 heavy (non-hydrogen) atoms. The SMILES string of the molecule is C=C1Oc2cc(OP(=O)(O)OC3[C@H](O)[C@H](O)C(O)[C@H](O)[C@H]3O)c(O)cc2C2=C1CCCC2. The summed E-state index contributed by atoms with van der Waals surface area (Å²) in [5, 5.41) is 59.5. The number of hydrogen-bond donors (Lipinski definition) is 7. The highest BCUT2D eigenvalue weighted by atomic mass is 31.2. The molecule has 7 N–H and O–H groups in total. The molecule has 1 aromatic rings. The number of allylic oxidation sites excluding steroid dienone is 2. The molecule has 1 fully saturated rings. The monoisotopic (exact) mass is 472 g/mol. The van der Waals surface area contributed by atoms with Crippen LogP contribution in [0.2, 0.25) is 0 Å². The number of phosphoric ester groups is 1. The molecule has 4 rings (SSSR count). The smallest absolute Gasteiger partial charge is 0.504 e. The van der Waals surface area contributed by atoms with Crippen LogP contribution in [0.4, 0.5) is 0 Å². The van der Waals surface area contributed by atoms with E-state index in [4.69, 9.17) is 13.8 Å². The lowest BCUT2D eigenvalue weighted by atomic mass is 9.84. The fourth-order valence-corrected chi connectivity index (χ4v) is 5.26. The fourth-order valence-electron chi connectivity index (χ4n) is 4.27. The van der Waals surface area contributed by atoms with Gasteiger partial charge in [0.2, 0.25) is 0 Å². The Labute approximate surface area is 183 Å². The molecule has 0 aromatic heterocycles. The van der Waals surface area contributed by atoms with E-state index in [2.05, 4.69) is 6.58 Å². The number of hydrogen-bond acceptors (Lipinski definition) is 10. The van der Waals surface area contributed by atoms with Gasteiger partial charge < -0.3 is 39.9 Å². The van der Waals surface area contributed by atoms with Crippen LogP contribution in [0.15, 0.2) is 30.0 Å². The zero-order valence-electron chi connectivity index (χ0n) is 16.9. The largest absolute Gasteiger partial charge is 0.528 e. The maximum absolute atomic E-state index is 12.5. The van der Waals surface area contributed by atoms with Crippen molar-refractivity contribution in [2.45, 2.75) is 62.3 Å². The van der Waals surface area contributed by atoms with E-state index >= 15 is 0 Å². The van der Waals surface area contributed by atoms with E-state index in [-0.39, 0.29) is 5.75 Å². The van der Waals surface area contributed by atoms with E-state index in [1.54, 1.807) is 0 Å². The Hall–Kier alpha value is -1.95. The number of aliphatic hydroxyl groups is 5. The van der Waals surface area contributed by atoms with Crippen molar-refractivity contribution in [1.29, 1.82) is 0 Å². The summed E-state index contributed by atoms with van der Waals surface area (Å²) >= 11 is 0. The minimum Gasteiger partial charge on any atom is -0.504 e. The van der Waals surface area contributed by atoms with Crippen LogP contribution in [0.3, 0.4) is 0 Å². The fraction of sp³-hybridized carbons (Fsp3) is 0.500. The van der Waals surface area contributed by atoms with E-state index in [1.165, 1.54) is 12.1 Å². The highest BCUT2D eigenvalue weighted by Gasteiger charge is 2.51. The summed E-state index contributed by atoms with van der Waals surface area (Å²) in [4.78, 5) is 10.1. The zero-order chi connectivity index (χ0) is 23.4. The van der Waals surface area contributed by atoms with Gasteiger partial charge in [0.25, 0.3) is 0 Å². The summed E-state index contributed by atoms with van der Waals surface area (Å²) in [5.74, 6) is -0.240. The molecule has 0 saturated heterocycles. The molecule has 1 heterocycles. The lowest BCUT2D eigenvalue weighted by Crippen LogP contribution is -2.64. The number of rotatable bonds is 4. The van der Waals surface area contributed by atoms with E-state index < -0.39 is 55.9 Å². The Bertz CT molecular complexity index is 990. The summed E-state index contributed by atoms with van der Waals surface area (Å²) in [6, 6.07) is 2.54. The van der Waals surface area contributed by atoms with Gasteiger partial charge in [0, 0.05) is 11.6 Å². The lowest BCUT2D eigenvalue weighted by Gasteiger charge is -2.41. The molecule has 7 atom stereocenters. The van der Waals surface area contributed by atoms with E-state index in [0.29, 0.717) is 11.3 Å². The first-order valence-electron chi connectivity index (χ1n) is 10.1. The predicted octanol–water partition coefficient (Wildman–Crippen LogP) is 0.308. The molecule has 0 spiro atoms. The van der Waals surface area contributed by atoms with Gasteiger partial charge in [-0.25, -0.2) is 4.57 Å². The van der Waals surface area contributed by atoms with Crippen molar-refractivity contribution in [1.82, 2.24) is 0 Å². The molecule has 0 amide bonds. The van der Waals surface area contributed by atoms with Gasteiger partial charge in [-0.3, -0.25) is 9.42 Å². The maximum Gasteiger partial charge on any atom is 0.528 e. The third-order valence-corrected chi connectivity index (χ3v) is 6.90. The number of aromatic hydroxyl groups is 1. The van der Waals surface area contributed by atoms with Gasteiger partial charge in [0.05, 0.1) is 0 Å². The van der Waals surface area contributed by atoms with Gasteiger partial charge in [-0.05, 0) is 42.9 Å². The van der Waals surface area contributed by atoms with Crippen molar-refractivity contribution in [3.05, 3.63) is 35.6 Å². The molecule has 3 unspecified atom stereocenters. The first kappa shape index (κ1) is 23.2. The van der Waals surface area contributed by atoms with Crippen molar-refractivity contribution >= 4 is 13.4 Å². The van der Waals surface area contributed by atoms with Gasteiger partial charge in [-0.15, -0.1) is 0 Å². The van der Waals surface area contributed by atoms with Crippen LogP contribution in [0, 0.1) is 0 Å². The Kier molecular flexibility index (Phi) is 6.12. The Morgan fingerprint density at radius 1 is 0.938 bits per heavy atom. The summed E-state index contributed by atoms with van der Waals surface area (Å²) in [6.45, 7) is 3.90. The summed E-state index contributed by atoms with van der Waals surface area (Å²) in [5.41, 5.74) is 2.55. The minimum atomic E-state index is -5.11. The molecule has 176 valence electrons. The number of phosphoric acid groups is 1. The van der Waals surface area contributed by atoms with Gasteiger partial charge >= 0.3 is 7.82 Å². The lowest BCUT2D eigenvalue weighted by molar-refractivity contribution is -0.219. The Balaban J connectivity index is 1.58. The van der Waals surface area contributed by atoms with E-state index in [9.17, 15) is 40.1 Å². The number of phenolic OH excluding ortho intramolecular Hbond substituents is 1. The first-order valence-corrected chi connectivity index (χ1v) is 11.6. The zero-order valence-corrected chi connectivity index (χ0v) is 17.8. The van der Waals surface area contributed by atoms with Crippen molar-refractivity contribution in [3.63, 3.8) is 0 Å². The summed E-state index contributed by atoms with van der Waals surface area (Å²) in [7, 11) is -5.11. The quantitative estimate of drug-likeness (QED) is 0.299. The van der Waals surface area contributed by atoms with Crippen LogP contribution in [0.25, 0.3) is 5.57 Å². The van der Waals surface area contributed by atoms with Crippen molar-refractivity contribution < 1.29 is 53.9 Å². The highest BCUT2D eigenvalue weighted by molar-refractivity contribution is 7.47. The van der Waals surface area contributed by atoms with Crippen LogP contribution < -0.4 is 9.26 Å². The van der Waals surface area contributed by atoms with Crippen molar-refractivity contribution in [2.75, 3.05) is 0 Å². The summed E-state index contributed by atoms with van der Waals surface area (Å²) < 4.78 is 28.0. The molecule has 1 saturated carbocycles. The second-order valence-corrected chi connectivity index (χ2v) is 9.42. The molecular weight excluding hydrogens is 447 g/mol. The van der Waals surface area contributed by atoms with E-state index in [0.717, 1.165) is 36.8 Å². The second-order valence-electron chi connectivity index (χ2n) is 8.09. The molecule has 3 aliphatic rings. The van der Waals surface area contributed by atoms with Crippen LogP contribution in [-0.2, 0) is 9.09 Å². The maximum atomic E-state index is 12.5. The van der Waals surface area contributed by atoms with Gasteiger partial charge in [0.15, 0.2) is 11.5 Å². The molecule has 12 heteroatoms. The minimum absolute atomic E-state index is 0.259. The highest BCUT2D eigenvalue weighted by Crippen LogP contribution is 2.53. The van der Waals surface area contributed by atoms with Crippen LogP contribution in [-0.4, -0.2) is 72.2 Å². The standard InChI is InChI=1S/C20H25O11P/c1-8-9-4-2-3-5-10(9)11-6-12(21)14(7-13(11)29-8)30-32(27,28)31-20-18(25)16(23)15(22)17(24)19(20)26/h6-7,15-26H,1-5H2,(H,27,28)/t15?,16-,17+,18-,19-,20?/m1/s1. The molecule has 1 aromatic carbocycles.